The number of nitrogens with one attached hydrogen (secondary N) is 2. The Kier molecular flexibility index (Phi) is 6.25. The van der Waals surface area contributed by atoms with Crippen LogP contribution < -0.4 is 10.9 Å². The van der Waals surface area contributed by atoms with E-state index in [1.165, 1.54) is 17.9 Å². The van der Waals surface area contributed by atoms with Crippen molar-refractivity contribution in [2.75, 3.05) is 5.32 Å². The fraction of sp³-hybridized carbons (Fsp3) is 0.118. The lowest BCUT2D eigenvalue weighted by molar-refractivity contribution is -0.141. The van der Waals surface area contributed by atoms with Gasteiger partial charge in [-0.05, 0) is 34.7 Å². The first-order chi connectivity index (χ1) is 14.6. The van der Waals surface area contributed by atoms with Gasteiger partial charge in [0.05, 0.1) is 22.8 Å². The van der Waals surface area contributed by atoms with Gasteiger partial charge < -0.3 is 4.98 Å². The SMILES string of the molecule is Cn1nnnc1NC(=O)c1ccc(C(F)(F)F)nc1Cl.O=c1cnc2ccccc2[nH]1. The number of H-pyrrole nitrogens is 1. The van der Waals surface area contributed by atoms with Crippen molar-refractivity contribution in [2.45, 2.75) is 6.18 Å². The summed E-state index contributed by atoms with van der Waals surface area (Å²) in [6, 6.07) is 9.01. The van der Waals surface area contributed by atoms with Crippen LogP contribution in [-0.4, -0.2) is 41.1 Å². The number of carbonyl (C=O) groups is 1. The summed E-state index contributed by atoms with van der Waals surface area (Å²) in [5, 5.41) is 12.0. The monoisotopic (exact) mass is 452 g/mol. The summed E-state index contributed by atoms with van der Waals surface area (Å²) in [6.45, 7) is 0. The molecular formula is C17H12ClF3N8O2. The summed E-state index contributed by atoms with van der Waals surface area (Å²) in [6.07, 6.45) is -3.35. The van der Waals surface area contributed by atoms with Gasteiger partial charge in [-0.2, -0.15) is 13.2 Å². The molecule has 14 heteroatoms. The lowest BCUT2D eigenvalue weighted by atomic mass is 10.2. The number of pyridine rings is 1. The molecule has 0 radical (unpaired) electrons. The number of rotatable bonds is 2. The van der Waals surface area contributed by atoms with Gasteiger partial charge in [-0.3, -0.25) is 14.9 Å². The minimum absolute atomic E-state index is 0.0194. The molecule has 31 heavy (non-hydrogen) atoms. The quantitative estimate of drug-likeness (QED) is 0.446. The first-order valence-electron chi connectivity index (χ1n) is 8.36. The number of aryl methyl sites for hydroxylation is 1. The van der Waals surface area contributed by atoms with Crippen LogP contribution >= 0.6 is 11.6 Å². The highest BCUT2D eigenvalue weighted by Gasteiger charge is 2.33. The number of nitrogens with zero attached hydrogens (tertiary/aromatic N) is 6. The van der Waals surface area contributed by atoms with Gasteiger partial charge in [-0.15, -0.1) is 0 Å². The van der Waals surface area contributed by atoms with Crippen molar-refractivity contribution < 1.29 is 18.0 Å². The third-order valence-corrected chi connectivity index (χ3v) is 4.00. The number of para-hydroxylation sites is 2. The fourth-order valence-electron chi connectivity index (χ4n) is 2.25. The predicted octanol–water partition coefficient (Wildman–Crippen LogP) is 2.45. The van der Waals surface area contributed by atoms with Crippen LogP contribution in [0.2, 0.25) is 5.15 Å². The van der Waals surface area contributed by atoms with Crippen molar-refractivity contribution in [1.29, 1.82) is 0 Å². The molecule has 0 bridgehead atoms. The number of amides is 1. The number of halogens is 4. The van der Waals surface area contributed by atoms with Gasteiger partial charge in [-0.25, -0.2) is 14.6 Å². The number of carbonyl (C=O) groups excluding carboxylic acids is 1. The van der Waals surface area contributed by atoms with Gasteiger partial charge in [0, 0.05) is 7.05 Å². The van der Waals surface area contributed by atoms with E-state index in [9.17, 15) is 22.8 Å². The molecule has 0 saturated carbocycles. The van der Waals surface area contributed by atoms with Crippen molar-refractivity contribution >= 4 is 34.5 Å². The number of benzene rings is 1. The summed E-state index contributed by atoms with van der Waals surface area (Å²) < 4.78 is 38.4. The minimum Gasteiger partial charge on any atom is -0.319 e. The summed E-state index contributed by atoms with van der Waals surface area (Å²) >= 11 is 5.58. The molecule has 1 amide bonds. The molecule has 4 rings (SSSR count). The Morgan fingerprint density at radius 3 is 2.58 bits per heavy atom. The Hall–Kier alpha value is -3.87. The normalized spacial score (nSPS) is 11.0. The van der Waals surface area contributed by atoms with Gasteiger partial charge in [-0.1, -0.05) is 28.8 Å². The molecule has 160 valence electrons. The average molecular weight is 453 g/mol. The van der Waals surface area contributed by atoms with Crippen LogP contribution in [0.5, 0.6) is 0 Å². The Labute approximate surface area is 176 Å². The summed E-state index contributed by atoms with van der Waals surface area (Å²) in [5.74, 6) is -0.750. The van der Waals surface area contributed by atoms with E-state index in [4.69, 9.17) is 11.6 Å². The van der Waals surface area contributed by atoms with Crippen molar-refractivity contribution in [3.8, 4) is 0 Å². The molecule has 3 aromatic heterocycles. The van der Waals surface area contributed by atoms with Gasteiger partial charge >= 0.3 is 6.18 Å². The molecule has 0 fully saturated rings. The molecule has 0 spiro atoms. The van der Waals surface area contributed by atoms with Crippen LogP contribution in [0.3, 0.4) is 0 Å². The Morgan fingerprint density at radius 2 is 1.94 bits per heavy atom. The summed E-state index contributed by atoms with van der Waals surface area (Å²) in [5.41, 5.74) is 0.0258. The molecule has 0 aliphatic rings. The van der Waals surface area contributed by atoms with Crippen LogP contribution in [-0.2, 0) is 13.2 Å². The Morgan fingerprint density at radius 1 is 1.19 bits per heavy atom. The van der Waals surface area contributed by atoms with E-state index in [0.717, 1.165) is 17.1 Å². The van der Waals surface area contributed by atoms with Gasteiger partial charge in [0.25, 0.3) is 11.5 Å². The maximum absolute atomic E-state index is 12.4. The molecule has 1 aromatic carbocycles. The number of aromatic amines is 1. The number of aromatic nitrogens is 7. The van der Waals surface area contributed by atoms with E-state index in [2.05, 4.69) is 35.8 Å². The van der Waals surface area contributed by atoms with Crippen molar-refractivity contribution in [3.63, 3.8) is 0 Å². The molecule has 0 atom stereocenters. The minimum atomic E-state index is -4.63. The lowest BCUT2D eigenvalue weighted by Crippen LogP contribution is -2.17. The second-order valence-corrected chi connectivity index (χ2v) is 6.24. The molecule has 4 aromatic rings. The molecule has 0 unspecified atom stereocenters. The number of alkyl halides is 3. The smallest absolute Gasteiger partial charge is 0.319 e. The van der Waals surface area contributed by atoms with Crippen molar-refractivity contribution in [3.05, 3.63) is 69.4 Å². The maximum Gasteiger partial charge on any atom is 0.433 e. The van der Waals surface area contributed by atoms with Gasteiger partial charge in [0.15, 0.2) is 0 Å². The topological polar surface area (TPSA) is 131 Å². The Bertz CT molecular complexity index is 1290. The van der Waals surface area contributed by atoms with Crippen LogP contribution in [0.4, 0.5) is 19.1 Å². The van der Waals surface area contributed by atoms with Crippen LogP contribution in [0, 0.1) is 0 Å². The first kappa shape index (κ1) is 21.8. The molecule has 2 N–H and O–H groups in total. The third kappa shape index (κ3) is 5.39. The second-order valence-electron chi connectivity index (χ2n) is 5.88. The molecule has 0 aliphatic carbocycles. The standard InChI is InChI=1S/C9H6ClF3N6O.C8H6N2O/c1-19-8(16-17-18-19)15-7(20)4-2-3-5(9(11,12)13)14-6(4)10;11-8-5-9-6-3-1-2-4-7(6)10-8/h2-3H,1H3,(H,15,16,18,20);1-5H,(H,10,11). The molecule has 0 saturated heterocycles. The van der Waals surface area contributed by atoms with E-state index in [-0.39, 0.29) is 17.1 Å². The zero-order valence-electron chi connectivity index (χ0n) is 15.6. The van der Waals surface area contributed by atoms with E-state index in [1.807, 2.05) is 24.3 Å². The average Bonchev–Trinajstić information content (AvgIpc) is 3.12. The van der Waals surface area contributed by atoms with E-state index < -0.39 is 22.9 Å². The highest BCUT2D eigenvalue weighted by molar-refractivity contribution is 6.33. The number of anilines is 1. The van der Waals surface area contributed by atoms with Gasteiger partial charge in [0.2, 0.25) is 5.95 Å². The van der Waals surface area contributed by atoms with E-state index in [0.29, 0.717) is 6.07 Å². The number of fused-ring (bicyclic) bond motifs is 1. The summed E-state index contributed by atoms with van der Waals surface area (Å²) in [7, 11) is 1.47. The van der Waals surface area contributed by atoms with Gasteiger partial charge in [0.1, 0.15) is 10.8 Å². The fourth-order valence-corrected chi connectivity index (χ4v) is 2.49. The maximum atomic E-state index is 12.4. The van der Waals surface area contributed by atoms with E-state index in [1.54, 1.807) is 0 Å². The largest absolute Gasteiger partial charge is 0.433 e. The lowest BCUT2D eigenvalue weighted by Gasteiger charge is -2.08. The van der Waals surface area contributed by atoms with Crippen LogP contribution in [0.1, 0.15) is 16.1 Å². The van der Waals surface area contributed by atoms with E-state index >= 15 is 0 Å². The summed E-state index contributed by atoms with van der Waals surface area (Å²) in [4.78, 5) is 32.3. The van der Waals surface area contributed by atoms with Crippen molar-refractivity contribution in [2.24, 2.45) is 7.05 Å². The molecular weight excluding hydrogens is 441 g/mol. The first-order valence-corrected chi connectivity index (χ1v) is 8.74. The molecule has 0 aliphatic heterocycles. The van der Waals surface area contributed by atoms with Crippen molar-refractivity contribution in [1.82, 2.24) is 35.2 Å². The highest BCUT2D eigenvalue weighted by Crippen LogP contribution is 2.29. The number of tetrazole rings is 1. The van der Waals surface area contributed by atoms with Crippen LogP contribution in [0.15, 0.2) is 47.4 Å². The number of hydrogen-bond donors (Lipinski definition) is 2. The molecule has 10 nitrogen and oxygen atoms in total. The zero-order valence-corrected chi connectivity index (χ0v) is 16.3. The Balaban J connectivity index is 0.000000207. The number of hydrogen-bond acceptors (Lipinski definition) is 7. The highest BCUT2D eigenvalue weighted by atomic mass is 35.5. The third-order valence-electron chi connectivity index (χ3n) is 3.71. The predicted molar refractivity (Wildman–Crippen MR) is 103 cm³/mol. The molecule has 3 heterocycles. The van der Waals surface area contributed by atoms with Crippen LogP contribution in [0.25, 0.3) is 11.0 Å². The zero-order chi connectivity index (χ0) is 22.6. The second kappa shape index (κ2) is 8.87.